The van der Waals surface area contributed by atoms with Crippen LogP contribution in [-0.2, 0) is 10.1 Å². The van der Waals surface area contributed by atoms with Crippen molar-refractivity contribution in [1.29, 1.82) is 0 Å². The van der Waals surface area contributed by atoms with E-state index in [0.717, 1.165) is 6.07 Å². The molecule has 1 radical (unpaired) electrons. The molecule has 9 heteroatoms. The van der Waals surface area contributed by atoms with E-state index in [9.17, 15) is 17.2 Å². The van der Waals surface area contributed by atoms with Gasteiger partial charge in [-0.05, 0) is 12.1 Å². The minimum absolute atomic E-state index is 0. The van der Waals surface area contributed by atoms with Crippen LogP contribution in [0.15, 0.2) is 18.2 Å². The number of halogens is 2. The molecule has 0 atom stereocenters. The van der Waals surface area contributed by atoms with Gasteiger partial charge in [0.05, 0.1) is 5.69 Å². The Bertz CT molecular complexity index is 467. The fourth-order valence-corrected chi connectivity index (χ4v) is 1.25. The molecule has 85 valence electrons. The summed E-state index contributed by atoms with van der Waals surface area (Å²) in [5, 5.41) is 0. The van der Waals surface area contributed by atoms with Gasteiger partial charge in [0, 0.05) is 41.3 Å². The van der Waals surface area contributed by atoms with Gasteiger partial charge in [-0.25, -0.2) is 0 Å². The van der Waals surface area contributed by atoms with Crippen molar-refractivity contribution in [2.45, 2.75) is 5.76 Å². The Morgan fingerprint density at radius 1 is 1.25 bits per heavy atom. The van der Waals surface area contributed by atoms with Crippen molar-refractivity contribution in [3.8, 4) is 5.75 Å². The van der Waals surface area contributed by atoms with Gasteiger partial charge in [-0.2, -0.15) is 17.2 Å². The number of benzene rings is 1. The molecule has 0 aromatic heterocycles. The summed E-state index contributed by atoms with van der Waals surface area (Å²) in [5.74, 6) is -4.03. The molecule has 0 saturated heterocycles. The minimum atomic E-state index is -4.96. The smallest absolute Gasteiger partial charge is 0.373 e. The Kier molecular flexibility index (Phi) is 5.47. The van der Waals surface area contributed by atoms with E-state index in [4.69, 9.17) is 11.5 Å². The monoisotopic (exact) mass is 261 g/mol. The van der Waals surface area contributed by atoms with Crippen molar-refractivity contribution in [1.82, 2.24) is 0 Å². The number of alkyl halides is 2. The van der Waals surface area contributed by atoms with Crippen LogP contribution in [0.5, 0.6) is 5.75 Å². The van der Waals surface area contributed by atoms with Crippen LogP contribution < -0.4 is 15.7 Å². The average Bonchev–Trinajstić information content (AvgIpc) is 2.10. The Morgan fingerprint density at radius 3 is 2.31 bits per heavy atom. The number of nitrogen functional groups attached to an aromatic ring is 2. The van der Waals surface area contributed by atoms with Crippen molar-refractivity contribution in [2.75, 3.05) is 11.5 Å². The van der Waals surface area contributed by atoms with Crippen molar-refractivity contribution in [2.24, 2.45) is 0 Å². The van der Waals surface area contributed by atoms with Crippen LogP contribution in [-0.4, -0.2) is 43.7 Å². The largest absolute Gasteiger partial charge is 0.399 e. The van der Waals surface area contributed by atoms with Gasteiger partial charge in [0.15, 0.2) is 5.75 Å². The molecule has 1 rings (SSSR count). The van der Waals surface area contributed by atoms with E-state index in [0.29, 0.717) is 0 Å². The molecule has 0 saturated carbocycles. The van der Waals surface area contributed by atoms with E-state index in [1.165, 1.54) is 12.1 Å². The second-order valence-corrected chi connectivity index (χ2v) is 4.14. The van der Waals surface area contributed by atoms with E-state index in [1.54, 1.807) is 0 Å². The summed E-state index contributed by atoms with van der Waals surface area (Å²) >= 11 is 0. The number of nitrogens with two attached hydrogens (primary N) is 2. The predicted octanol–water partition coefficient (Wildman–Crippen LogP) is 0.401. The zero-order chi connectivity index (χ0) is 11.6. The van der Waals surface area contributed by atoms with Gasteiger partial charge in [0.2, 0.25) is 0 Å². The minimum Gasteiger partial charge on any atom is -0.399 e. The number of hydrogen-bond acceptors (Lipinski definition) is 5. The van der Waals surface area contributed by atoms with Crippen LogP contribution in [0, 0.1) is 0 Å². The average molecular weight is 261 g/mol. The molecule has 0 amide bonds. The Morgan fingerprint density at radius 2 is 1.81 bits per heavy atom. The molecule has 0 aliphatic heterocycles. The molecule has 0 unspecified atom stereocenters. The first-order chi connectivity index (χ1) is 6.83. The topological polar surface area (TPSA) is 95.4 Å². The molecule has 0 aliphatic carbocycles. The molecule has 1 aromatic rings. The molecular weight excluding hydrogens is 253 g/mol. The zero-order valence-electron chi connectivity index (χ0n) is 8.35. The molecule has 4 N–H and O–H groups in total. The van der Waals surface area contributed by atoms with Gasteiger partial charge in [0.1, 0.15) is 0 Å². The second kappa shape index (κ2) is 5.67. The Labute approximate surface area is 113 Å². The maximum atomic E-state index is 11.9. The van der Waals surface area contributed by atoms with Crippen molar-refractivity contribution >= 4 is 51.1 Å². The van der Waals surface area contributed by atoms with Crippen molar-refractivity contribution in [3.05, 3.63) is 18.2 Å². The maximum Gasteiger partial charge on any atom is 0.373 e. The Balaban J connectivity index is 0.00000225. The molecule has 0 fully saturated rings. The first-order valence-electron chi connectivity index (χ1n) is 3.69. The predicted molar refractivity (Wildman–Crippen MR) is 56.6 cm³/mol. The zero-order valence-corrected chi connectivity index (χ0v) is 11.2. The van der Waals surface area contributed by atoms with Gasteiger partial charge < -0.3 is 15.7 Å². The third-order valence-electron chi connectivity index (χ3n) is 1.46. The van der Waals surface area contributed by atoms with Crippen LogP contribution in [0.3, 0.4) is 0 Å². The molecule has 1 aromatic carbocycles. The molecule has 0 heterocycles. The van der Waals surface area contributed by atoms with Gasteiger partial charge in [0.25, 0.3) is 0 Å². The fourth-order valence-electron chi connectivity index (χ4n) is 0.785. The number of hydrogen-bond donors (Lipinski definition) is 2. The first-order valence-corrected chi connectivity index (χ1v) is 5.16. The van der Waals surface area contributed by atoms with Crippen LogP contribution in [0.25, 0.3) is 0 Å². The van der Waals surface area contributed by atoms with Crippen molar-refractivity contribution < 1.29 is 21.4 Å². The molecular formula is C7H8F2N2NaO3S. The molecule has 0 aliphatic rings. The summed E-state index contributed by atoms with van der Waals surface area (Å²) < 4.78 is 49.4. The standard InChI is InChI=1S/C7H8F2N2O3S.Na/c8-7(9)15(12,13)14-6-3-4(10)1-2-5(6)11;/h1-3,7H,10-11H2;. The van der Waals surface area contributed by atoms with Gasteiger partial charge in [-0.15, -0.1) is 0 Å². The molecule has 16 heavy (non-hydrogen) atoms. The maximum absolute atomic E-state index is 11.9. The third-order valence-corrected chi connectivity index (χ3v) is 2.31. The van der Waals surface area contributed by atoms with E-state index >= 15 is 0 Å². The summed E-state index contributed by atoms with van der Waals surface area (Å²) in [7, 11) is -4.96. The van der Waals surface area contributed by atoms with E-state index in [2.05, 4.69) is 4.18 Å². The SMILES string of the molecule is Nc1ccc(N)c(OS(=O)(=O)C(F)F)c1.[Na]. The van der Waals surface area contributed by atoms with Crippen molar-refractivity contribution in [3.63, 3.8) is 0 Å². The number of anilines is 2. The first kappa shape index (κ1) is 15.4. The molecule has 0 spiro atoms. The van der Waals surface area contributed by atoms with E-state index in [1.807, 2.05) is 0 Å². The van der Waals surface area contributed by atoms with Crippen LogP contribution >= 0.6 is 0 Å². The Hall–Kier alpha value is -0.570. The normalized spacial score (nSPS) is 10.9. The van der Waals surface area contributed by atoms with Crippen LogP contribution in [0.2, 0.25) is 0 Å². The van der Waals surface area contributed by atoms with Crippen LogP contribution in [0.1, 0.15) is 0 Å². The second-order valence-electron chi connectivity index (χ2n) is 2.63. The molecule has 0 bridgehead atoms. The van der Waals surface area contributed by atoms with E-state index < -0.39 is 21.6 Å². The summed E-state index contributed by atoms with van der Waals surface area (Å²) in [6.45, 7) is 0. The quantitative estimate of drug-likeness (QED) is 0.466. The number of rotatable bonds is 3. The van der Waals surface area contributed by atoms with Crippen LogP contribution in [0.4, 0.5) is 20.2 Å². The van der Waals surface area contributed by atoms with E-state index in [-0.39, 0.29) is 40.9 Å². The summed E-state index contributed by atoms with van der Waals surface area (Å²) in [4.78, 5) is 0. The fraction of sp³-hybridized carbons (Fsp3) is 0.143. The van der Waals surface area contributed by atoms with Gasteiger partial charge in [-0.3, -0.25) is 0 Å². The van der Waals surface area contributed by atoms with Gasteiger partial charge >= 0.3 is 15.9 Å². The van der Waals surface area contributed by atoms with Gasteiger partial charge in [-0.1, -0.05) is 0 Å². The summed E-state index contributed by atoms with van der Waals surface area (Å²) in [6.07, 6.45) is 0. The summed E-state index contributed by atoms with van der Waals surface area (Å²) in [6, 6.07) is 3.69. The summed E-state index contributed by atoms with van der Waals surface area (Å²) in [5.41, 5.74) is 10.7. The molecule has 5 nitrogen and oxygen atoms in total. The third kappa shape index (κ3) is 3.78.